The lowest BCUT2D eigenvalue weighted by atomic mass is 10.2. The van der Waals surface area contributed by atoms with Gasteiger partial charge in [-0.15, -0.1) is 0 Å². The number of hydroxylamine groups is 1. The van der Waals surface area contributed by atoms with Crippen LogP contribution >= 0.6 is 0 Å². The van der Waals surface area contributed by atoms with Crippen LogP contribution in [-0.2, 0) is 4.84 Å². The van der Waals surface area contributed by atoms with Crippen LogP contribution in [0.25, 0.3) is 0 Å². The van der Waals surface area contributed by atoms with E-state index in [0.29, 0.717) is 5.92 Å². The van der Waals surface area contributed by atoms with E-state index in [4.69, 9.17) is 4.84 Å². The lowest BCUT2D eigenvalue weighted by Gasteiger charge is -2.06. The van der Waals surface area contributed by atoms with E-state index in [-0.39, 0.29) is 0 Å². The molecule has 2 heteroatoms. The van der Waals surface area contributed by atoms with E-state index in [0.717, 1.165) is 13.2 Å². The first-order chi connectivity index (χ1) is 4.77. The second-order valence-corrected chi connectivity index (χ2v) is 2.95. The van der Waals surface area contributed by atoms with E-state index in [1.54, 1.807) is 0 Å². The molecule has 0 aromatic carbocycles. The van der Waals surface area contributed by atoms with Crippen LogP contribution in [0, 0.1) is 5.92 Å². The monoisotopic (exact) mass is 145 g/mol. The molecular weight excluding hydrogens is 126 g/mol. The molecular formula is C8H19NO. The van der Waals surface area contributed by atoms with Crippen molar-refractivity contribution < 1.29 is 4.84 Å². The van der Waals surface area contributed by atoms with Crippen molar-refractivity contribution in [3.63, 3.8) is 0 Å². The predicted molar refractivity (Wildman–Crippen MR) is 43.7 cm³/mol. The Morgan fingerprint density at radius 1 is 1.40 bits per heavy atom. The highest BCUT2D eigenvalue weighted by Crippen LogP contribution is 1.90. The Balaban J connectivity index is 2.77. The Morgan fingerprint density at radius 2 is 2.10 bits per heavy atom. The normalized spacial score (nSPS) is 10.8. The summed E-state index contributed by atoms with van der Waals surface area (Å²) in [6.45, 7) is 8.24. The standard InChI is InChI=1S/C8H19NO/c1-4-5-6-9-10-7-8(2)3/h8-9H,4-7H2,1-3H3. The van der Waals surface area contributed by atoms with Crippen LogP contribution in [0.3, 0.4) is 0 Å². The van der Waals surface area contributed by atoms with E-state index in [2.05, 4.69) is 26.3 Å². The molecule has 1 N–H and O–H groups in total. The van der Waals surface area contributed by atoms with Gasteiger partial charge in [-0.05, 0) is 12.3 Å². The molecule has 0 rings (SSSR count). The molecule has 0 spiro atoms. The zero-order valence-electron chi connectivity index (χ0n) is 7.31. The molecule has 0 aromatic heterocycles. The molecule has 10 heavy (non-hydrogen) atoms. The molecule has 62 valence electrons. The van der Waals surface area contributed by atoms with Gasteiger partial charge in [0.25, 0.3) is 0 Å². The molecule has 0 fully saturated rings. The first kappa shape index (κ1) is 9.92. The van der Waals surface area contributed by atoms with Crippen molar-refractivity contribution in [2.24, 2.45) is 5.92 Å². The molecule has 0 aliphatic heterocycles. The summed E-state index contributed by atoms with van der Waals surface area (Å²) >= 11 is 0. The number of unbranched alkanes of at least 4 members (excludes halogenated alkanes) is 1. The lowest BCUT2D eigenvalue weighted by molar-refractivity contribution is 0.0234. The molecule has 0 atom stereocenters. The summed E-state index contributed by atoms with van der Waals surface area (Å²) in [5.41, 5.74) is 2.92. The molecule has 0 heterocycles. The molecule has 0 aromatic rings. The lowest BCUT2D eigenvalue weighted by Crippen LogP contribution is -2.18. The molecule has 0 aliphatic carbocycles. The van der Waals surface area contributed by atoms with Gasteiger partial charge in [-0.2, -0.15) is 0 Å². The number of nitrogens with one attached hydrogen (secondary N) is 1. The predicted octanol–water partition coefficient (Wildman–Crippen LogP) is 1.96. The fourth-order valence-electron chi connectivity index (χ4n) is 0.547. The second kappa shape index (κ2) is 7.03. The van der Waals surface area contributed by atoms with Crippen LogP contribution in [0.1, 0.15) is 33.6 Å². The highest BCUT2D eigenvalue weighted by Gasteiger charge is 1.91. The Labute approximate surface area is 63.9 Å². The first-order valence-corrected chi connectivity index (χ1v) is 4.12. The quantitative estimate of drug-likeness (QED) is 0.455. The molecule has 0 unspecified atom stereocenters. The Kier molecular flexibility index (Phi) is 6.98. The van der Waals surface area contributed by atoms with Gasteiger partial charge in [0.05, 0.1) is 6.61 Å². The van der Waals surface area contributed by atoms with E-state index in [9.17, 15) is 0 Å². The summed E-state index contributed by atoms with van der Waals surface area (Å²) in [7, 11) is 0. The van der Waals surface area contributed by atoms with Gasteiger partial charge in [-0.25, -0.2) is 5.48 Å². The molecule has 2 nitrogen and oxygen atoms in total. The Bertz CT molecular complexity index is 64.3. The van der Waals surface area contributed by atoms with Crippen LogP contribution in [0.4, 0.5) is 0 Å². The van der Waals surface area contributed by atoms with Crippen molar-refractivity contribution in [1.29, 1.82) is 0 Å². The molecule has 0 aliphatic rings. The van der Waals surface area contributed by atoms with Gasteiger partial charge in [0, 0.05) is 6.54 Å². The van der Waals surface area contributed by atoms with Crippen molar-refractivity contribution >= 4 is 0 Å². The van der Waals surface area contributed by atoms with Crippen LogP contribution in [0.2, 0.25) is 0 Å². The summed E-state index contributed by atoms with van der Waals surface area (Å²) in [5, 5.41) is 0. The van der Waals surface area contributed by atoms with Crippen molar-refractivity contribution in [2.45, 2.75) is 33.6 Å². The Morgan fingerprint density at radius 3 is 2.60 bits per heavy atom. The zero-order chi connectivity index (χ0) is 7.82. The van der Waals surface area contributed by atoms with Crippen molar-refractivity contribution in [1.82, 2.24) is 5.48 Å². The van der Waals surface area contributed by atoms with Crippen LogP contribution in [0.15, 0.2) is 0 Å². The number of rotatable bonds is 6. The van der Waals surface area contributed by atoms with Crippen LogP contribution < -0.4 is 5.48 Å². The first-order valence-electron chi connectivity index (χ1n) is 4.12. The fourth-order valence-corrected chi connectivity index (χ4v) is 0.547. The minimum atomic E-state index is 0.620. The highest BCUT2D eigenvalue weighted by atomic mass is 16.6. The summed E-state index contributed by atoms with van der Waals surface area (Å²) in [6, 6.07) is 0. The summed E-state index contributed by atoms with van der Waals surface area (Å²) in [5.74, 6) is 0.620. The van der Waals surface area contributed by atoms with Crippen LogP contribution in [0.5, 0.6) is 0 Å². The van der Waals surface area contributed by atoms with Gasteiger partial charge in [0.15, 0.2) is 0 Å². The van der Waals surface area contributed by atoms with E-state index in [1.807, 2.05) is 0 Å². The van der Waals surface area contributed by atoms with E-state index >= 15 is 0 Å². The SMILES string of the molecule is CCCCNOCC(C)C. The smallest absolute Gasteiger partial charge is 0.0705 e. The van der Waals surface area contributed by atoms with E-state index < -0.39 is 0 Å². The third-order valence-electron chi connectivity index (χ3n) is 1.15. The minimum absolute atomic E-state index is 0.620. The minimum Gasteiger partial charge on any atom is -0.302 e. The molecule has 0 radical (unpaired) electrons. The van der Waals surface area contributed by atoms with Crippen molar-refractivity contribution in [2.75, 3.05) is 13.2 Å². The molecule has 0 saturated carbocycles. The fraction of sp³-hybridized carbons (Fsp3) is 1.00. The molecule has 0 amide bonds. The molecule has 0 bridgehead atoms. The van der Waals surface area contributed by atoms with Gasteiger partial charge in [0.1, 0.15) is 0 Å². The number of hydrogen-bond donors (Lipinski definition) is 1. The summed E-state index contributed by atoms with van der Waals surface area (Å²) in [6.07, 6.45) is 2.41. The van der Waals surface area contributed by atoms with Gasteiger partial charge in [-0.3, -0.25) is 0 Å². The third-order valence-corrected chi connectivity index (χ3v) is 1.15. The second-order valence-electron chi connectivity index (χ2n) is 2.95. The average Bonchev–Trinajstić information content (AvgIpc) is 1.87. The summed E-state index contributed by atoms with van der Waals surface area (Å²) < 4.78 is 0. The van der Waals surface area contributed by atoms with Crippen molar-refractivity contribution in [3.05, 3.63) is 0 Å². The highest BCUT2D eigenvalue weighted by molar-refractivity contribution is 4.38. The largest absolute Gasteiger partial charge is 0.302 e. The number of hydrogen-bond acceptors (Lipinski definition) is 2. The van der Waals surface area contributed by atoms with Gasteiger partial charge < -0.3 is 4.84 Å². The zero-order valence-corrected chi connectivity index (χ0v) is 7.31. The topological polar surface area (TPSA) is 21.3 Å². The van der Waals surface area contributed by atoms with Crippen LogP contribution in [-0.4, -0.2) is 13.2 Å². The van der Waals surface area contributed by atoms with Gasteiger partial charge in [0.2, 0.25) is 0 Å². The van der Waals surface area contributed by atoms with Crippen molar-refractivity contribution in [3.8, 4) is 0 Å². The Hall–Kier alpha value is -0.0800. The van der Waals surface area contributed by atoms with Gasteiger partial charge in [-0.1, -0.05) is 27.2 Å². The summed E-state index contributed by atoms with van der Waals surface area (Å²) in [4.78, 5) is 5.15. The molecule has 0 saturated heterocycles. The maximum absolute atomic E-state index is 5.15. The third kappa shape index (κ3) is 7.92. The van der Waals surface area contributed by atoms with Gasteiger partial charge >= 0.3 is 0 Å². The average molecular weight is 145 g/mol. The maximum atomic E-state index is 5.15. The van der Waals surface area contributed by atoms with E-state index in [1.165, 1.54) is 12.8 Å². The maximum Gasteiger partial charge on any atom is 0.0705 e.